The summed E-state index contributed by atoms with van der Waals surface area (Å²) >= 11 is 0. The minimum absolute atomic E-state index is 0.0346. The summed E-state index contributed by atoms with van der Waals surface area (Å²) < 4.78 is 1.99. The van der Waals surface area contributed by atoms with Gasteiger partial charge in [-0.3, -0.25) is 9.59 Å². The molecule has 1 saturated heterocycles. The minimum atomic E-state index is -1.18. The minimum Gasteiger partial charge on any atom is -0.380 e. The summed E-state index contributed by atoms with van der Waals surface area (Å²) in [7, 11) is 1.97. The van der Waals surface area contributed by atoms with E-state index in [0.29, 0.717) is 31.5 Å². The Bertz CT molecular complexity index is 1180. The number of aliphatic hydroxyl groups is 1. The Morgan fingerprint density at radius 1 is 1.00 bits per heavy atom. The van der Waals surface area contributed by atoms with E-state index in [1.807, 2.05) is 54.6 Å². The average molecular weight is 433 g/mol. The third-order valence-electron chi connectivity index (χ3n) is 6.75. The van der Waals surface area contributed by atoms with E-state index in [-0.39, 0.29) is 23.9 Å². The van der Waals surface area contributed by atoms with Crippen molar-refractivity contribution in [2.24, 2.45) is 7.05 Å². The van der Waals surface area contributed by atoms with Crippen molar-refractivity contribution in [1.82, 2.24) is 19.4 Å². The van der Waals surface area contributed by atoms with E-state index in [9.17, 15) is 14.7 Å². The van der Waals surface area contributed by atoms with Gasteiger partial charge in [-0.15, -0.1) is 0 Å². The fourth-order valence-corrected chi connectivity index (χ4v) is 4.77. The lowest BCUT2D eigenvalue weighted by Gasteiger charge is -2.45. The second-order valence-electron chi connectivity index (χ2n) is 9.29. The molecule has 2 aliphatic rings. The molecule has 3 aromatic rings. The molecule has 5 rings (SSSR count). The number of aromatic nitrogens is 2. The first kappa shape index (κ1) is 20.7. The Hall–Kier alpha value is -3.19. The highest BCUT2D eigenvalue weighted by Gasteiger charge is 2.52. The summed E-state index contributed by atoms with van der Waals surface area (Å²) in [4.78, 5) is 33.8. The quantitative estimate of drug-likeness (QED) is 0.690. The molecule has 166 valence electrons. The zero-order chi connectivity index (χ0) is 22.6. The van der Waals surface area contributed by atoms with Crippen LogP contribution in [0.2, 0.25) is 0 Å². The van der Waals surface area contributed by atoms with Gasteiger partial charge in [0.15, 0.2) is 0 Å². The van der Waals surface area contributed by atoms with Crippen molar-refractivity contribution < 1.29 is 14.7 Å². The molecule has 7 nitrogen and oxygen atoms in total. The molecule has 0 radical (unpaired) electrons. The highest BCUT2D eigenvalue weighted by Crippen LogP contribution is 2.38. The van der Waals surface area contributed by atoms with Gasteiger partial charge in [0.1, 0.15) is 5.60 Å². The van der Waals surface area contributed by atoms with Gasteiger partial charge < -0.3 is 19.5 Å². The molecule has 2 atom stereocenters. The maximum absolute atomic E-state index is 13.2. The normalized spacial score (nSPS) is 22.2. The lowest BCUT2D eigenvalue weighted by atomic mass is 10.0. The molecule has 1 aliphatic carbocycles. The number of imidazole rings is 1. The monoisotopic (exact) mass is 432 g/mol. The number of piperazine rings is 1. The summed E-state index contributed by atoms with van der Waals surface area (Å²) in [6.07, 6.45) is 2.87. The van der Waals surface area contributed by atoms with Gasteiger partial charge in [0.05, 0.1) is 17.4 Å². The van der Waals surface area contributed by atoms with E-state index in [0.717, 1.165) is 22.2 Å². The Morgan fingerprint density at radius 2 is 1.62 bits per heavy atom. The predicted octanol–water partition coefficient (Wildman–Crippen LogP) is 2.83. The first-order chi connectivity index (χ1) is 15.3. The second kappa shape index (κ2) is 7.45. The molecular weight excluding hydrogens is 404 g/mol. The Balaban J connectivity index is 1.31. The van der Waals surface area contributed by atoms with Crippen LogP contribution >= 0.6 is 0 Å². The number of nitrogens with zero attached hydrogens (tertiary/aromatic N) is 4. The van der Waals surface area contributed by atoms with Gasteiger partial charge in [0.25, 0.3) is 11.8 Å². The van der Waals surface area contributed by atoms with Gasteiger partial charge in [-0.1, -0.05) is 18.2 Å². The number of benzene rings is 2. The summed E-state index contributed by atoms with van der Waals surface area (Å²) in [6.45, 7) is 4.80. The smallest absolute Gasteiger partial charge is 0.255 e. The van der Waals surface area contributed by atoms with Crippen LogP contribution in [0.25, 0.3) is 22.2 Å². The van der Waals surface area contributed by atoms with Gasteiger partial charge in [-0.25, -0.2) is 4.98 Å². The van der Waals surface area contributed by atoms with Gasteiger partial charge in [0, 0.05) is 37.8 Å². The zero-order valence-corrected chi connectivity index (χ0v) is 18.7. The molecule has 1 saturated carbocycles. The van der Waals surface area contributed by atoms with E-state index in [2.05, 4.69) is 23.2 Å². The van der Waals surface area contributed by atoms with Crippen molar-refractivity contribution in [3.8, 4) is 11.1 Å². The summed E-state index contributed by atoms with van der Waals surface area (Å²) in [5, 5.41) is 10.2. The molecule has 1 aliphatic heterocycles. The molecule has 1 N–H and O–H groups in total. The Kier molecular flexibility index (Phi) is 4.82. The number of aryl methyl sites for hydroxylation is 1. The fourth-order valence-electron chi connectivity index (χ4n) is 4.77. The van der Waals surface area contributed by atoms with Crippen LogP contribution in [-0.2, 0) is 11.8 Å². The van der Waals surface area contributed by atoms with Gasteiger partial charge in [0.2, 0.25) is 0 Å². The van der Waals surface area contributed by atoms with Crippen LogP contribution < -0.4 is 0 Å². The van der Waals surface area contributed by atoms with Gasteiger partial charge in [-0.05, 0) is 62.1 Å². The largest absolute Gasteiger partial charge is 0.380 e. The first-order valence-corrected chi connectivity index (χ1v) is 11.1. The summed E-state index contributed by atoms with van der Waals surface area (Å²) in [5.74, 6) is -0.230. The second-order valence-corrected chi connectivity index (χ2v) is 9.29. The molecule has 1 aromatic heterocycles. The van der Waals surface area contributed by atoms with Crippen LogP contribution in [0, 0.1) is 0 Å². The van der Waals surface area contributed by atoms with E-state index in [1.54, 1.807) is 11.2 Å². The van der Waals surface area contributed by atoms with E-state index in [1.165, 1.54) is 0 Å². The summed E-state index contributed by atoms with van der Waals surface area (Å²) in [5.41, 5.74) is 3.56. The lowest BCUT2D eigenvalue weighted by molar-refractivity contribution is -0.150. The number of carbonyl (C=O) groups excluding carboxylic acids is 2. The van der Waals surface area contributed by atoms with Gasteiger partial charge >= 0.3 is 0 Å². The molecule has 0 bridgehead atoms. The number of carbonyl (C=O) groups is 2. The average Bonchev–Trinajstić information content (AvgIpc) is 3.44. The molecule has 7 heteroatoms. The molecule has 2 heterocycles. The van der Waals surface area contributed by atoms with Crippen LogP contribution in [0.15, 0.2) is 48.8 Å². The fraction of sp³-hybridized carbons (Fsp3) is 0.400. The highest BCUT2D eigenvalue weighted by molar-refractivity contribution is 5.95. The first-order valence-electron chi connectivity index (χ1n) is 11.1. The topological polar surface area (TPSA) is 78.7 Å². The van der Waals surface area contributed by atoms with Crippen molar-refractivity contribution in [1.29, 1.82) is 0 Å². The SMILES string of the molecule is CC1CN(C(=O)c2ccc(-c3ccc4c(c3)ncn4C)cc2)CC(C)N1C(=O)C1(O)CC1. The molecule has 2 fully saturated rings. The number of fused-ring (bicyclic) bond motifs is 1. The number of amides is 2. The van der Waals surface area contributed by atoms with Crippen LogP contribution in [0.3, 0.4) is 0 Å². The molecule has 2 unspecified atom stereocenters. The molecular formula is C25H28N4O3. The van der Waals surface area contributed by atoms with Crippen LogP contribution in [0.4, 0.5) is 0 Å². The maximum Gasteiger partial charge on any atom is 0.255 e. The third kappa shape index (κ3) is 3.46. The predicted molar refractivity (Wildman–Crippen MR) is 122 cm³/mol. The number of hydrogen-bond donors (Lipinski definition) is 1. The van der Waals surface area contributed by atoms with E-state index >= 15 is 0 Å². The Morgan fingerprint density at radius 3 is 2.25 bits per heavy atom. The van der Waals surface area contributed by atoms with E-state index in [4.69, 9.17) is 0 Å². The van der Waals surface area contributed by atoms with Crippen molar-refractivity contribution >= 4 is 22.8 Å². The molecule has 2 aromatic carbocycles. The lowest BCUT2D eigenvalue weighted by Crippen LogP contribution is -2.62. The van der Waals surface area contributed by atoms with Crippen LogP contribution in [-0.4, -0.2) is 67.0 Å². The third-order valence-corrected chi connectivity index (χ3v) is 6.75. The molecule has 32 heavy (non-hydrogen) atoms. The van der Waals surface area contributed by atoms with Crippen LogP contribution in [0.1, 0.15) is 37.0 Å². The van der Waals surface area contributed by atoms with Crippen molar-refractivity contribution in [3.05, 3.63) is 54.4 Å². The maximum atomic E-state index is 13.2. The highest BCUT2D eigenvalue weighted by atomic mass is 16.3. The number of rotatable bonds is 3. The number of hydrogen-bond acceptors (Lipinski definition) is 4. The standard InChI is InChI=1S/C25H28N4O3/c1-16-13-28(14-17(2)29(16)24(31)25(32)10-11-25)23(30)19-6-4-18(5-7-19)20-8-9-22-21(12-20)26-15-27(22)3/h4-9,12,15-17,32H,10-11,13-14H2,1-3H3. The molecule has 2 amide bonds. The van der Waals surface area contributed by atoms with Gasteiger partial charge in [-0.2, -0.15) is 0 Å². The Labute approximate surface area is 187 Å². The summed E-state index contributed by atoms with van der Waals surface area (Å²) in [6, 6.07) is 13.6. The van der Waals surface area contributed by atoms with Crippen LogP contribution in [0.5, 0.6) is 0 Å². The zero-order valence-electron chi connectivity index (χ0n) is 18.7. The van der Waals surface area contributed by atoms with Crippen molar-refractivity contribution in [3.63, 3.8) is 0 Å². The van der Waals surface area contributed by atoms with Crippen molar-refractivity contribution in [2.45, 2.75) is 44.4 Å². The van der Waals surface area contributed by atoms with E-state index < -0.39 is 5.60 Å². The van der Waals surface area contributed by atoms with Crippen molar-refractivity contribution in [2.75, 3.05) is 13.1 Å². The molecule has 0 spiro atoms.